The fraction of sp³-hybridized carbons (Fsp3) is 0.476. The van der Waals surface area contributed by atoms with Crippen LogP contribution in [-0.2, 0) is 43.9 Å². The van der Waals surface area contributed by atoms with Crippen molar-refractivity contribution in [1.82, 2.24) is 34.1 Å². The Morgan fingerprint density at radius 1 is 0.955 bits per heavy atom. The van der Waals surface area contributed by atoms with Crippen LogP contribution in [0, 0.1) is 0 Å². The summed E-state index contributed by atoms with van der Waals surface area (Å²) in [6.45, 7) is -5.39. The second-order valence-corrected chi connectivity index (χ2v) is 14.5. The maximum absolute atomic E-state index is 16.0. The van der Waals surface area contributed by atoms with E-state index in [1.165, 1.54) is 40.4 Å². The molecule has 2 radical (unpaired) electrons. The van der Waals surface area contributed by atoms with Crippen molar-refractivity contribution in [3.63, 3.8) is 0 Å². The number of hydrogen-bond acceptors (Lipinski definition) is 16. The Labute approximate surface area is 252 Å². The van der Waals surface area contributed by atoms with Crippen molar-refractivity contribution in [1.29, 1.82) is 0 Å². The van der Waals surface area contributed by atoms with Crippen LogP contribution < -0.4 is 11.5 Å². The van der Waals surface area contributed by atoms with E-state index in [0.717, 1.165) is 0 Å². The lowest BCUT2D eigenvalue weighted by Crippen LogP contribution is -2.38. The molecule has 7 rings (SSSR count). The molecule has 0 amide bonds. The van der Waals surface area contributed by atoms with E-state index in [4.69, 9.17) is 58.4 Å². The molecule has 4 unspecified atom stereocenters. The number of anilines is 2. The molecule has 3 saturated heterocycles. The first kappa shape index (κ1) is 30.0. The molecule has 3 aliphatic heterocycles. The molecule has 232 valence electrons. The summed E-state index contributed by atoms with van der Waals surface area (Å²) in [5.74, 6) is 0.0908. The van der Waals surface area contributed by atoms with E-state index >= 15 is 4.39 Å². The molecule has 0 bridgehead atoms. The van der Waals surface area contributed by atoms with E-state index in [2.05, 4.69) is 24.9 Å². The van der Waals surface area contributed by atoms with Crippen LogP contribution in [-0.4, -0.2) is 102 Å². The zero-order valence-corrected chi connectivity index (χ0v) is 24.8. The zero-order valence-electron chi connectivity index (χ0n) is 22.2. The van der Waals surface area contributed by atoms with Crippen molar-refractivity contribution in [2.75, 3.05) is 24.7 Å². The van der Waals surface area contributed by atoms with Gasteiger partial charge in [-0.25, -0.2) is 29.3 Å². The third-order valence-electron chi connectivity index (χ3n) is 7.35. The molecule has 4 aromatic rings. The SMILES string of the molecule is [B]P1(=O)OC[C@H]2O[C@@H](n3cnc4c(N)ccnc43)[C@@H](F)C2OP(O)(=S)OC[C@H]2O[C@@H](n3cnc4c(N)ncnc43)C(O)[C@H]2O1. The average Bonchev–Trinajstić information content (AvgIpc) is 3.73. The summed E-state index contributed by atoms with van der Waals surface area (Å²) < 4.78 is 65.8. The summed E-state index contributed by atoms with van der Waals surface area (Å²) in [7, 11) is 1.41. The smallest absolute Gasteiger partial charge is 0.325 e. The number of aliphatic hydroxyl groups is 1. The largest absolute Gasteiger partial charge is 0.397 e. The molecule has 0 saturated carbocycles. The van der Waals surface area contributed by atoms with Crippen molar-refractivity contribution in [3.05, 3.63) is 31.2 Å². The first-order valence-corrected chi connectivity index (χ1v) is 17.1. The number of imidazole rings is 2. The van der Waals surface area contributed by atoms with Crippen molar-refractivity contribution in [2.24, 2.45) is 0 Å². The minimum Gasteiger partial charge on any atom is -0.397 e. The molecule has 18 nitrogen and oxygen atoms in total. The van der Waals surface area contributed by atoms with Gasteiger partial charge in [-0.15, -0.1) is 0 Å². The van der Waals surface area contributed by atoms with Gasteiger partial charge < -0.3 is 44.5 Å². The lowest BCUT2D eigenvalue weighted by atomic mass is 10.1. The first-order valence-electron chi connectivity index (χ1n) is 12.9. The Bertz CT molecular complexity index is 1710. The fourth-order valence-corrected chi connectivity index (χ4v) is 7.77. The van der Waals surface area contributed by atoms with E-state index in [1.54, 1.807) is 0 Å². The molecule has 3 aliphatic rings. The van der Waals surface area contributed by atoms with Gasteiger partial charge in [0.25, 0.3) is 7.47 Å². The summed E-state index contributed by atoms with van der Waals surface area (Å²) in [4.78, 5) is 31.5. The number of nitrogen functional groups attached to an aromatic ring is 2. The minimum atomic E-state index is -4.48. The third kappa shape index (κ3) is 5.21. The molecule has 0 spiro atoms. The van der Waals surface area contributed by atoms with Gasteiger partial charge in [0.05, 0.1) is 31.6 Å². The quantitative estimate of drug-likeness (QED) is 0.165. The van der Waals surface area contributed by atoms with E-state index in [0.29, 0.717) is 11.2 Å². The number of nitrogens with two attached hydrogens (primary N) is 2. The number of fused-ring (bicyclic) bond motifs is 4. The second kappa shape index (κ2) is 11.0. The first-order chi connectivity index (χ1) is 20.9. The minimum absolute atomic E-state index is 0.0908. The Kier molecular flexibility index (Phi) is 7.49. The highest BCUT2D eigenvalue weighted by molar-refractivity contribution is 8.07. The highest BCUT2D eigenvalue weighted by Gasteiger charge is 2.53. The highest BCUT2D eigenvalue weighted by atomic mass is 32.5. The molecule has 0 aromatic carbocycles. The van der Waals surface area contributed by atoms with E-state index in [1.807, 2.05) is 0 Å². The normalized spacial score (nSPS) is 38.2. The molecule has 4 aromatic heterocycles. The zero-order chi connectivity index (χ0) is 31.0. The summed E-state index contributed by atoms with van der Waals surface area (Å²) in [5, 5.41) is 11.2. The van der Waals surface area contributed by atoms with Crippen LogP contribution in [0.3, 0.4) is 0 Å². The highest BCUT2D eigenvalue weighted by Crippen LogP contribution is 2.54. The van der Waals surface area contributed by atoms with Crippen molar-refractivity contribution in [3.8, 4) is 0 Å². The number of pyridine rings is 1. The van der Waals surface area contributed by atoms with Crippen LogP contribution in [0.25, 0.3) is 22.3 Å². The topological polar surface area (TPSA) is 239 Å². The van der Waals surface area contributed by atoms with Gasteiger partial charge in [0, 0.05) is 6.20 Å². The van der Waals surface area contributed by atoms with E-state index in [9.17, 15) is 14.6 Å². The number of aliphatic hydroxyl groups excluding tert-OH is 1. The van der Waals surface area contributed by atoms with Crippen LogP contribution >= 0.6 is 14.2 Å². The fourth-order valence-electron chi connectivity index (χ4n) is 5.32. The average molecular weight is 669 g/mol. The van der Waals surface area contributed by atoms with Gasteiger partial charge in [0.1, 0.15) is 47.9 Å². The van der Waals surface area contributed by atoms with Gasteiger partial charge in [0.2, 0.25) is 7.57 Å². The number of halogens is 1. The lowest BCUT2D eigenvalue weighted by Gasteiger charge is -2.30. The second-order valence-electron chi connectivity index (χ2n) is 10.1. The summed E-state index contributed by atoms with van der Waals surface area (Å²) >= 11 is 5.18. The molecule has 3 fully saturated rings. The third-order valence-corrected chi connectivity index (χ3v) is 9.95. The molecule has 23 heteroatoms. The molecule has 6 N–H and O–H groups in total. The van der Waals surface area contributed by atoms with Crippen molar-refractivity contribution < 1.29 is 46.5 Å². The van der Waals surface area contributed by atoms with E-state index < -0.39 is 76.6 Å². The molecule has 7 heterocycles. The summed E-state index contributed by atoms with van der Waals surface area (Å²) in [5.41, 5.74) is 13.1. The Morgan fingerprint density at radius 2 is 1.61 bits per heavy atom. The summed E-state index contributed by atoms with van der Waals surface area (Å²) in [6.07, 6.45) is -6.48. The molecular formula is C21H23BFN9O9P2S. The van der Waals surface area contributed by atoms with Crippen LogP contribution in [0.4, 0.5) is 15.9 Å². The van der Waals surface area contributed by atoms with Crippen LogP contribution in [0.1, 0.15) is 12.5 Å². The Hall–Kier alpha value is -2.68. The van der Waals surface area contributed by atoms with Gasteiger partial charge in [-0.2, -0.15) is 0 Å². The Balaban J connectivity index is 1.17. The number of alkyl halides is 1. The van der Waals surface area contributed by atoms with Gasteiger partial charge in [-0.1, -0.05) is 0 Å². The number of ether oxygens (including phenoxy) is 2. The number of nitrogens with zero attached hydrogens (tertiary/aromatic N) is 7. The van der Waals surface area contributed by atoms with Crippen molar-refractivity contribution >= 4 is 67.4 Å². The van der Waals surface area contributed by atoms with Crippen LogP contribution in [0.2, 0.25) is 0 Å². The predicted octanol–water partition coefficient (Wildman–Crippen LogP) is 0.240. The Morgan fingerprint density at radius 3 is 2.41 bits per heavy atom. The maximum atomic E-state index is 16.0. The number of aromatic nitrogens is 7. The van der Waals surface area contributed by atoms with Gasteiger partial charge in [-0.3, -0.25) is 18.2 Å². The van der Waals surface area contributed by atoms with E-state index in [-0.39, 0.29) is 22.6 Å². The van der Waals surface area contributed by atoms with Crippen molar-refractivity contribution in [2.45, 2.75) is 49.1 Å². The van der Waals surface area contributed by atoms with Crippen LogP contribution in [0.5, 0.6) is 0 Å². The molecular weight excluding hydrogens is 646 g/mol. The van der Waals surface area contributed by atoms with Crippen LogP contribution in [0.15, 0.2) is 31.2 Å². The monoisotopic (exact) mass is 669 g/mol. The van der Waals surface area contributed by atoms with Gasteiger partial charge >= 0.3 is 6.72 Å². The maximum Gasteiger partial charge on any atom is 0.325 e. The number of rotatable bonds is 2. The molecule has 0 aliphatic carbocycles. The molecule has 10 atom stereocenters. The summed E-state index contributed by atoms with van der Waals surface area (Å²) in [6, 6.07) is 1.53. The number of hydrogen-bond donors (Lipinski definition) is 4. The van der Waals surface area contributed by atoms with Gasteiger partial charge in [-0.05, 0) is 17.9 Å². The standard InChI is InChI=1S/C21H23BFN9O9P2S/c22-42(34)36-3-9-15(11(23)20(38-9)31-6-29-12-8(24)1-2-26-18(12)31)41-43(35,44)37-4-10-16(40-42)14(33)21(39-10)32-7-30-13-17(25)27-5-28-19(13)32/h1-2,5-7,9-11,14-16,20-21,33H,3-4H2,(H2,24,26)(H,35,44)(H2,25,27,28)/t9-,10-,11+,14?,15?,16+,20-,21-,42?,43?/m1/s1. The molecule has 44 heavy (non-hydrogen) atoms. The van der Waals surface area contributed by atoms with Gasteiger partial charge in [0.15, 0.2) is 35.7 Å². The predicted molar refractivity (Wildman–Crippen MR) is 152 cm³/mol. The lowest BCUT2D eigenvalue weighted by molar-refractivity contribution is -0.0575.